The van der Waals surface area contributed by atoms with Gasteiger partial charge in [-0.05, 0) is 37.8 Å². The fourth-order valence-corrected chi connectivity index (χ4v) is 5.07. The summed E-state index contributed by atoms with van der Waals surface area (Å²) in [7, 11) is 0. The molecule has 2 aromatic rings. The van der Waals surface area contributed by atoms with Gasteiger partial charge in [0.1, 0.15) is 0 Å². The molecule has 1 unspecified atom stereocenters. The number of aromatic nitrogens is 3. The van der Waals surface area contributed by atoms with Crippen molar-refractivity contribution < 1.29 is 13.9 Å². The molecule has 1 N–H and O–H groups in total. The van der Waals surface area contributed by atoms with E-state index in [4.69, 9.17) is 9.15 Å². The van der Waals surface area contributed by atoms with E-state index in [1.165, 1.54) is 12.8 Å². The number of ether oxygens (including phenoxy) is 1. The summed E-state index contributed by atoms with van der Waals surface area (Å²) in [5.74, 6) is 1.15. The fraction of sp³-hybridized carbons (Fsp3) is 0.619. The molecule has 0 radical (unpaired) electrons. The van der Waals surface area contributed by atoms with Crippen molar-refractivity contribution in [1.82, 2.24) is 25.4 Å². The summed E-state index contributed by atoms with van der Waals surface area (Å²) in [6, 6.07) is 4.07. The van der Waals surface area contributed by atoms with Crippen LogP contribution in [0.15, 0.2) is 28.9 Å². The Hall–Kier alpha value is -2.48. The standard InChI is InChI=1S/C21H27N5O3/c27-20(23-16-3-1-2-4-16)26-13-17(21(14-26)7-11-28-12-8-21)19-25-24-18(29-19)15-5-9-22-10-6-15/h5-6,9-10,16-17H,1-4,7-8,11-14H2,(H,23,27). The summed E-state index contributed by atoms with van der Waals surface area (Å²) >= 11 is 0. The molecule has 3 aliphatic rings. The van der Waals surface area contributed by atoms with Gasteiger partial charge in [0, 0.05) is 55.7 Å². The lowest BCUT2D eigenvalue weighted by molar-refractivity contribution is 0.0102. The summed E-state index contributed by atoms with van der Waals surface area (Å²) in [5, 5.41) is 11.9. The average molecular weight is 397 g/mol. The second-order valence-electron chi connectivity index (χ2n) is 8.52. The molecular formula is C21H27N5O3. The summed E-state index contributed by atoms with van der Waals surface area (Å²) in [4.78, 5) is 18.9. The smallest absolute Gasteiger partial charge is 0.317 e. The number of hydrogen-bond acceptors (Lipinski definition) is 6. The minimum atomic E-state index is -0.0622. The normalized spacial score (nSPS) is 24.3. The van der Waals surface area contributed by atoms with E-state index in [1.54, 1.807) is 12.4 Å². The number of rotatable bonds is 3. The van der Waals surface area contributed by atoms with Crippen molar-refractivity contribution in [1.29, 1.82) is 0 Å². The van der Waals surface area contributed by atoms with Gasteiger partial charge in [0.15, 0.2) is 0 Å². The second-order valence-corrected chi connectivity index (χ2v) is 8.52. The van der Waals surface area contributed by atoms with Gasteiger partial charge in [-0.25, -0.2) is 4.79 Å². The van der Waals surface area contributed by atoms with Gasteiger partial charge < -0.3 is 19.4 Å². The Morgan fingerprint density at radius 1 is 1.14 bits per heavy atom. The van der Waals surface area contributed by atoms with Crippen molar-refractivity contribution >= 4 is 6.03 Å². The first-order valence-electron chi connectivity index (χ1n) is 10.6. The van der Waals surface area contributed by atoms with Crippen molar-refractivity contribution in [2.24, 2.45) is 5.41 Å². The molecule has 1 atom stereocenters. The van der Waals surface area contributed by atoms with Crippen LogP contribution in [0.25, 0.3) is 11.5 Å². The molecule has 3 fully saturated rings. The highest BCUT2D eigenvalue weighted by atomic mass is 16.5. The Bertz CT molecular complexity index is 843. The van der Waals surface area contributed by atoms with Crippen LogP contribution in [0.1, 0.15) is 50.3 Å². The zero-order chi connectivity index (χ0) is 19.7. The highest BCUT2D eigenvalue weighted by Crippen LogP contribution is 2.49. The molecule has 1 aliphatic carbocycles. The molecule has 5 rings (SSSR count). The van der Waals surface area contributed by atoms with Crippen molar-refractivity contribution in [2.75, 3.05) is 26.3 Å². The number of likely N-dealkylation sites (tertiary alicyclic amines) is 1. The highest BCUT2D eigenvalue weighted by Gasteiger charge is 2.51. The molecule has 1 spiro atoms. The first-order valence-corrected chi connectivity index (χ1v) is 10.6. The number of carbonyl (C=O) groups excluding carboxylic acids is 1. The van der Waals surface area contributed by atoms with Crippen LogP contribution in [-0.4, -0.2) is 58.5 Å². The van der Waals surface area contributed by atoms with E-state index in [0.717, 1.165) is 31.2 Å². The Kier molecular flexibility index (Phi) is 4.95. The Morgan fingerprint density at radius 2 is 1.90 bits per heavy atom. The molecule has 29 heavy (non-hydrogen) atoms. The molecule has 2 saturated heterocycles. The Balaban J connectivity index is 1.38. The van der Waals surface area contributed by atoms with Gasteiger partial charge >= 0.3 is 6.03 Å². The number of carbonyl (C=O) groups is 1. The summed E-state index contributed by atoms with van der Waals surface area (Å²) in [6.45, 7) is 2.74. The molecule has 154 valence electrons. The van der Waals surface area contributed by atoms with E-state index < -0.39 is 0 Å². The maximum Gasteiger partial charge on any atom is 0.317 e. The molecule has 4 heterocycles. The van der Waals surface area contributed by atoms with Crippen LogP contribution in [0.4, 0.5) is 4.79 Å². The van der Waals surface area contributed by atoms with Crippen LogP contribution in [0.3, 0.4) is 0 Å². The van der Waals surface area contributed by atoms with Gasteiger partial charge in [-0.1, -0.05) is 12.8 Å². The van der Waals surface area contributed by atoms with Gasteiger partial charge in [0.05, 0.1) is 5.92 Å². The molecule has 0 aromatic carbocycles. The lowest BCUT2D eigenvalue weighted by Crippen LogP contribution is -2.44. The maximum atomic E-state index is 12.9. The molecule has 8 nitrogen and oxygen atoms in total. The van der Waals surface area contributed by atoms with E-state index in [-0.39, 0.29) is 17.4 Å². The third kappa shape index (κ3) is 3.61. The van der Waals surface area contributed by atoms with E-state index in [2.05, 4.69) is 20.5 Å². The SMILES string of the molecule is O=C(NC1CCCC1)N1CC(c2nnc(-c3ccncc3)o2)C2(CCOCC2)C1. The van der Waals surface area contributed by atoms with Gasteiger partial charge in [0.25, 0.3) is 0 Å². The van der Waals surface area contributed by atoms with Gasteiger partial charge in [-0.3, -0.25) is 4.98 Å². The van der Waals surface area contributed by atoms with E-state index in [1.807, 2.05) is 17.0 Å². The Morgan fingerprint density at radius 3 is 2.66 bits per heavy atom. The third-order valence-corrected chi connectivity index (χ3v) is 6.77. The van der Waals surface area contributed by atoms with Crippen molar-refractivity contribution in [3.63, 3.8) is 0 Å². The predicted molar refractivity (Wildman–Crippen MR) is 105 cm³/mol. The maximum absolute atomic E-state index is 12.9. The molecule has 2 aliphatic heterocycles. The number of hydrogen-bond donors (Lipinski definition) is 1. The third-order valence-electron chi connectivity index (χ3n) is 6.77. The van der Waals surface area contributed by atoms with E-state index >= 15 is 0 Å². The predicted octanol–water partition coefficient (Wildman–Crippen LogP) is 2.98. The first kappa shape index (κ1) is 18.5. The topological polar surface area (TPSA) is 93.4 Å². The van der Waals surface area contributed by atoms with Crippen LogP contribution in [0, 0.1) is 5.41 Å². The van der Waals surface area contributed by atoms with Crippen molar-refractivity contribution in [3.8, 4) is 11.5 Å². The number of urea groups is 1. The summed E-state index contributed by atoms with van der Waals surface area (Å²) in [6.07, 6.45) is 9.80. The number of nitrogens with one attached hydrogen (secondary N) is 1. The largest absolute Gasteiger partial charge is 0.420 e. The molecular weight excluding hydrogens is 370 g/mol. The Labute approximate surface area is 170 Å². The van der Waals surface area contributed by atoms with E-state index in [0.29, 0.717) is 44.1 Å². The molecule has 2 aromatic heterocycles. The van der Waals surface area contributed by atoms with Gasteiger partial charge in [-0.15, -0.1) is 10.2 Å². The monoisotopic (exact) mass is 397 g/mol. The number of amides is 2. The summed E-state index contributed by atoms with van der Waals surface area (Å²) < 4.78 is 11.7. The molecule has 2 amide bonds. The average Bonchev–Trinajstić information content (AvgIpc) is 3.50. The van der Waals surface area contributed by atoms with Crippen molar-refractivity contribution in [3.05, 3.63) is 30.4 Å². The van der Waals surface area contributed by atoms with Crippen LogP contribution in [0.5, 0.6) is 0 Å². The van der Waals surface area contributed by atoms with Gasteiger partial charge in [0.2, 0.25) is 11.8 Å². The molecule has 0 bridgehead atoms. The minimum Gasteiger partial charge on any atom is -0.420 e. The molecule has 8 heteroatoms. The quantitative estimate of drug-likeness (QED) is 0.856. The van der Waals surface area contributed by atoms with Gasteiger partial charge in [-0.2, -0.15) is 0 Å². The lowest BCUT2D eigenvalue weighted by Gasteiger charge is -2.36. The lowest BCUT2D eigenvalue weighted by atomic mass is 9.72. The van der Waals surface area contributed by atoms with Crippen LogP contribution >= 0.6 is 0 Å². The van der Waals surface area contributed by atoms with E-state index in [9.17, 15) is 4.79 Å². The van der Waals surface area contributed by atoms with Crippen LogP contribution in [0.2, 0.25) is 0 Å². The van der Waals surface area contributed by atoms with Crippen LogP contribution < -0.4 is 5.32 Å². The first-order chi connectivity index (χ1) is 14.2. The number of nitrogens with zero attached hydrogens (tertiary/aromatic N) is 4. The zero-order valence-corrected chi connectivity index (χ0v) is 16.5. The molecule has 1 saturated carbocycles. The second kappa shape index (κ2) is 7.74. The zero-order valence-electron chi connectivity index (χ0n) is 16.5. The number of pyridine rings is 1. The summed E-state index contributed by atoms with van der Waals surface area (Å²) in [5.41, 5.74) is 0.793. The van der Waals surface area contributed by atoms with Crippen LogP contribution in [-0.2, 0) is 4.74 Å². The highest BCUT2D eigenvalue weighted by molar-refractivity contribution is 5.75. The fourth-order valence-electron chi connectivity index (χ4n) is 5.07. The van der Waals surface area contributed by atoms with Crippen molar-refractivity contribution in [2.45, 2.75) is 50.5 Å². The minimum absolute atomic E-state index is 0.0313.